The molecule has 0 heteroatoms. The van der Waals surface area contributed by atoms with E-state index in [-0.39, 0.29) is 0 Å². The Morgan fingerprint density at radius 3 is 2.07 bits per heavy atom. The second kappa shape index (κ2) is 8.52. The lowest BCUT2D eigenvalue weighted by molar-refractivity contribution is 0.522. The van der Waals surface area contributed by atoms with Crippen molar-refractivity contribution in [1.29, 1.82) is 0 Å². The first-order valence-corrected chi connectivity index (χ1v) is 6.28. The summed E-state index contributed by atoms with van der Waals surface area (Å²) in [5, 5.41) is 0. The summed E-state index contributed by atoms with van der Waals surface area (Å²) in [6.07, 6.45) is 3.87. The Balaban J connectivity index is 0.000000921. The third-order valence-electron chi connectivity index (χ3n) is 2.49. The molecule has 0 fully saturated rings. The van der Waals surface area contributed by atoms with Gasteiger partial charge in [0.25, 0.3) is 0 Å². The van der Waals surface area contributed by atoms with Crippen LogP contribution in [0.2, 0.25) is 0 Å². The molecule has 1 aromatic carbocycles. The number of hydrogen-bond acceptors (Lipinski definition) is 0. The second-order valence-electron chi connectivity index (χ2n) is 4.08. The number of hydrogen-bond donors (Lipinski definition) is 0. The van der Waals surface area contributed by atoms with Crippen LogP contribution >= 0.6 is 0 Å². The lowest BCUT2D eigenvalue weighted by Gasteiger charge is -2.09. The molecule has 0 saturated heterocycles. The van der Waals surface area contributed by atoms with Gasteiger partial charge < -0.3 is 0 Å². The minimum absolute atomic E-state index is 0.827. The summed E-state index contributed by atoms with van der Waals surface area (Å²) in [4.78, 5) is 0. The normalized spacial score (nSPS) is 11.5. The van der Waals surface area contributed by atoms with E-state index in [9.17, 15) is 0 Å². The van der Waals surface area contributed by atoms with Gasteiger partial charge in [0.1, 0.15) is 0 Å². The van der Waals surface area contributed by atoms with Crippen molar-refractivity contribution < 1.29 is 0 Å². The zero-order valence-corrected chi connectivity index (χ0v) is 11.0. The molecule has 0 bridgehead atoms. The highest BCUT2D eigenvalue weighted by molar-refractivity contribution is 5.21. The first kappa shape index (κ1) is 14.2. The highest BCUT2D eigenvalue weighted by atomic mass is 14.1. The van der Waals surface area contributed by atoms with Gasteiger partial charge in [0, 0.05) is 0 Å². The van der Waals surface area contributed by atoms with E-state index < -0.39 is 0 Å². The molecule has 0 nitrogen and oxygen atoms in total. The van der Waals surface area contributed by atoms with Gasteiger partial charge in [-0.05, 0) is 24.8 Å². The van der Waals surface area contributed by atoms with Gasteiger partial charge >= 0.3 is 0 Å². The summed E-state index contributed by atoms with van der Waals surface area (Å²) in [6, 6.07) is 8.91. The van der Waals surface area contributed by atoms with E-state index >= 15 is 0 Å². The summed E-state index contributed by atoms with van der Waals surface area (Å²) in [7, 11) is 0. The first-order chi connectivity index (χ1) is 7.22. The lowest BCUT2D eigenvalue weighted by atomic mass is 9.96. The Hall–Kier alpha value is -0.780. The van der Waals surface area contributed by atoms with Crippen molar-refractivity contribution in [1.82, 2.24) is 0 Å². The molecule has 0 aromatic heterocycles. The molecule has 1 atom stereocenters. The minimum atomic E-state index is 0.827. The Kier molecular flexibility index (Phi) is 8.08. The fourth-order valence-corrected chi connectivity index (χ4v) is 1.72. The standard InChI is InChI=1S/C13H20.C2H6/c1-4-5-12(3)10-13-8-6-11(2)7-9-13;1-2/h6-9,12H,4-5,10H2,1-3H3;1-2H3. The second-order valence-corrected chi connectivity index (χ2v) is 4.08. The van der Waals surface area contributed by atoms with Crippen molar-refractivity contribution in [3.63, 3.8) is 0 Å². The SMILES string of the molecule is CC.CCCC(C)Cc1ccc(C)cc1. The maximum atomic E-state index is 2.34. The molecular weight excluding hydrogens is 180 g/mol. The Bertz CT molecular complexity index is 233. The van der Waals surface area contributed by atoms with Gasteiger partial charge in [-0.2, -0.15) is 0 Å². The number of aryl methyl sites for hydroxylation is 1. The van der Waals surface area contributed by atoms with Crippen LogP contribution < -0.4 is 0 Å². The molecule has 0 spiro atoms. The van der Waals surface area contributed by atoms with Crippen LogP contribution in [0.3, 0.4) is 0 Å². The van der Waals surface area contributed by atoms with Crippen molar-refractivity contribution in [3.05, 3.63) is 35.4 Å². The summed E-state index contributed by atoms with van der Waals surface area (Å²) in [5.74, 6) is 0.827. The molecule has 1 aromatic rings. The van der Waals surface area contributed by atoms with Crippen LogP contribution in [0.5, 0.6) is 0 Å². The summed E-state index contributed by atoms with van der Waals surface area (Å²) in [5.41, 5.74) is 2.83. The van der Waals surface area contributed by atoms with Crippen molar-refractivity contribution >= 4 is 0 Å². The molecule has 0 saturated carbocycles. The molecule has 0 radical (unpaired) electrons. The van der Waals surface area contributed by atoms with E-state index in [1.807, 2.05) is 13.8 Å². The molecular formula is C15H26. The number of benzene rings is 1. The Morgan fingerprint density at radius 2 is 1.60 bits per heavy atom. The van der Waals surface area contributed by atoms with Crippen LogP contribution in [0.4, 0.5) is 0 Å². The minimum Gasteiger partial charge on any atom is -0.0683 e. The van der Waals surface area contributed by atoms with Crippen LogP contribution in [-0.4, -0.2) is 0 Å². The first-order valence-electron chi connectivity index (χ1n) is 6.28. The van der Waals surface area contributed by atoms with Gasteiger partial charge in [0.05, 0.1) is 0 Å². The highest BCUT2D eigenvalue weighted by Gasteiger charge is 2.01. The van der Waals surface area contributed by atoms with Gasteiger partial charge in [0.15, 0.2) is 0 Å². The van der Waals surface area contributed by atoms with E-state index in [0.717, 1.165) is 5.92 Å². The molecule has 0 amide bonds. The molecule has 86 valence electrons. The van der Waals surface area contributed by atoms with E-state index in [0.29, 0.717) is 0 Å². The van der Waals surface area contributed by atoms with E-state index in [4.69, 9.17) is 0 Å². The van der Waals surface area contributed by atoms with Gasteiger partial charge in [-0.25, -0.2) is 0 Å². The van der Waals surface area contributed by atoms with Crippen molar-refractivity contribution in [2.24, 2.45) is 5.92 Å². The molecule has 0 aliphatic rings. The highest BCUT2D eigenvalue weighted by Crippen LogP contribution is 2.13. The van der Waals surface area contributed by atoms with Crippen LogP contribution in [0.15, 0.2) is 24.3 Å². The molecule has 1 unspecified atom stereocenters. The third-order valence-corrected chi connectivity index (χ3v) is 2.49. The lowest BCUT2D eigenvalue weighted by Crippen LogP contribution is -1.98. The summed E-state index contributed by atoms with van der Waals surface area (Å²) in [6.45, 7) is 10.7. The smallest absolute Gasteiger partial charge is 0.0253 e. The molecule has 0 N–H and O–H groups in total. The van der Waals surface area contributed by atoms with Gasteiger partial charge in [-0.15, -0.1) is 0 Å². The Labute approximate surface area is 95.7 Å². The van der Waals surface area contributed by atoms with Crippen LogP contribution in [0.1, 0.15) is 51.7 Å². The maximum absolute atomic E-state index is 2.34. The van der Waals surface area contributed by atoms with E-state index in [1.165, 1.54) is 30.4 Å². The monoisotopic (exact) mass is 206 g/mol. The molecule has 0 aliphatic carbocycles. The van der Waals surface area contributed by atoms with Crippen molar-refractivity contribution in [2.75, 3.05) is 0 Å². The largest absolute Gasteiger partial charge is 0.0683 e. The fourth-order valence-electron chi connectivity index (χ4n) is 1.72. The third kappa shape index (κ3) is 6.33. The van der Waals surface area contributed by atoms with Crippen LogP contribution in [0.25, 0.3) is 0 Å². The van der Waals surface area contributed by atoms with E-state index in [1.54, 1.807) is 0 Å². The average molecular weight is 206 g/mol. The molecule has 0 aliphatic heterocycles. The Morgan fingerprint density at radius 1 is 1.07 bits per heavy atom. The van der Waals surface area contributed by atoms with Crippen LogP contribution in [-0.2, 0) is 6.42 Å². The average Bonchev–Trinajstić information content (AvgIpc) is 2.25. The summed E-state index contributed by atoms with van der Waals surface area (Å²) >= 11 is 0. The number of rotatable bonds is 4. The zero-order valence-electron chi connectivity index (χ0n) is 11.0. The molecule has 1 rings (SSSR count). The van der Waals surface area contributed by atoms with Gasteiger partial charge in [0.2, 0.25) is 0 Å². The topological polar surface area (TPSA) is 0 Å². The van der Waals surface area contributed by atoms with Gasteiger partial charge in [-0.3, -0.25) is 0 Å². The van der Waals surface area contributed by atoms with Gasteiger partial charge in [-0.1, -0.05) is 70.4 Å². The molecule has 15 heavy (non-hydrogen) atoms. The predicted octanol–water partition coefficient (Wildman–Crippen LogP) is 5.00. The molecule has 0 heterocycles. The zero-order chi connectivity index (χ0) is 11.7. The predicted molar refractivity (Wildman–Crippen MR) is 70.3 cm³/mol. The van der Waals surface area contributed by atoms with Crippen molar-refractivity contribution in [3.8, 4) is 0 Å². The fraction of sp³-hybridized carbons (Fsp3) is 0.600. The van der Waals surface area contributed by atoms with Crippen molar-refractivity contribution in [2.45, 2.75) is 53.9 Å². The van der Waals surface area contributed by atoms with E-state index in [2.05, 4.69) is 45.0 Å². The quantitative estimate of drug-likeness (QED) is 0.650. The summed E-state index contributed by atoms with van der Waals surface area (Å²) < 4.78 is 0. The maximum Gasteiger partial charge on any atom is -0.0253 e. The van der Waals surface area contributed by atoms with Crippen LogP contribution in [0, 0.1) is 12.8 Å².